The first-order valence-corrected chi connectivity index (χ1v) is 9.07. The van der Waals surface area contributed by atoms with Gasteiger partial charge in [0.1, 0.15) is 10.8 Å². The van der Waals surface area contributed by atoms with Crippen LogP contribution in [-0.4, -0.2) is 15.3 Å². The molecule has 1 aliphatic carbocycles. The number of carbonyl (C=O) groups excluding carboxylic acids is 1. The second-order valence-electron chi connectivity index (χ2n) is 5.80. The van der Waals surface area contributed by atoms with Crippen LogP contribution in [0.1, 0.15) is 36.1 Å². The lowest BCUT2D eigenvalue weighted by molar-refractivity contribution is -0.115. The smallest absolute Gasteiger partial charge is 0.229 e. The molecule has 0 radical (unpaired) electrons. The number of nitrogens with one attached hydrogen (secondary N) is 1. The monoisotopic (exact) mass is 347 g/mol. The Morgan fingerprint density at radius 3 is 3.22 bits per heavy atom. The van der Waals surface area contributed by atoms with E-state index in [0.717, 1.165) is 39.3 Å². The number of thiazole rings is 1. The summed E-state index contributed by atoms with van der Waals surface area (Å²) in [5.41, 5.74) is 5.02. The average molecular weight is 347 g/mol. The Morgan fingerprint density at radius 2 is 2.35 bits per heavy atom. The van der Waals surface area contributed by atoms with Crippen molar-refractivity contribution < 1.29 is 9.18 Å². The molecule has 1 unspecified atom stereocenters. The van der Waals surface area contributed by atoms with Gasteiger partial charge >= 0.3 is 0 Å². The molecule has 1 N–H and O–H groups in total. The third kappa shape index (κ3) is 2.64. The van der Waals surface area contributed by atoms with Gasteiger partial charge in [-0.15, -0.1) is 11.3 Å². The number of nitrogens with zero attached hydrogens (tertiary/aromatic N) is 2. The molecule has 0 aliphatic heterocycles. The van der Waals surface area contributed by atoms with Crippen molar-refractivity contribution in [3.63, 3.8) is 0 Å². The summed E-state index contributed by atoms with van der Waals surface area (Å²) in [6, 6.07) is 3.10. The summed E-state index contributed by atoms with van der Waals surface area (Å²) in [6.07, 6.45) is 2.02. The molecular formula is C16H14FN3OS2. The van der Waals surface area contributed by atoms with Crippen LogP contribution in [0.3, 0.4) is 0 Å². The van der Waals surface area contributed by atoms with Crippen LogP contribution in [-0.2, 0) is 17.6 Å². The average Bonchev–Trinajstić information content (AvgIpc) is 3.19. The van der Waals surface area contributed by atoms with Gasteiger partial charge in [0.25, 0.3) is 0 Å². The molecule has 3 aromatic rings. The van der Waals surface area contributed by atoms with Crippen molar-refractivity contribution in [2.45, 2.75) is 32.1 Å². The van der Waals surface area contributed by atoms with E-state index in [2.05, 4.69) is 21.6 Å². The molecule has 0 saturated carbocycles. The molecule has 118 valence electrons. The predicted octanol–water partition coefficient (Wildman–Crippen LogP) is 4.12. The van der Waals surface area contributed by atoms with Gasteiger partial charge in [0.2, 0.25) is 5.91 Å². The lowest BCUT2D eigenvalue weighted by Crippen LogP contribution is -2.15. The maximum atomic E-state index is 14.1. The second kappa shape index (κ2) is 5.65. The van der Waals surface area contributed by atoms with Crippen molar-refractivity contribution in [1.29, 1.82) is 0 Å². The number of rotatable bonds is 3. The van der Waals surface area contributed by atoms with Gasteiger partial charge in [0.05, 0.1) is 27.8 Å². The number of carbonyl (C=O) groups is 1. The molecule has 0 spiro atoms. The highest BCUT2D eigenvalue weighted by Gasteiger charge is 2.26. The van der Waals surface area contributed by atoms with Crippen LogP contribution in [0, 0.1) is 5.82 Å². The number of hydrogen-bond donors (Lipinski definition) is 1. The van der Waals surface area contributed by atoms with Crippen molar-refractivity contribution >= 4 is 44.0 Å². The number of anilines is 1. The summed E-state index contributed by atoms with van der Waals surface area (Å²) in [7, 11) is 0. The van der Waals surface area contributed by atoms with E-state index in [4.69, 9.17) is 0 Å². The van der Waals surface area contributed by atoms with Gasteiger partial charge < -0.3 is 5.32 Å². The van der Waals surface area contributed by atoms with Crippen molar-refractivity contribution in [2.24, 2.45) is 0 Å². The molecular weight excluding hydrogens is 333 g/mol. The number of fused-ring (bicyclic) bond motifs is 2. The maximum Gasteiger partial charge on any atom is 0.229 e. The SMILES string of the molecule is CC1CCc2c1nsc2NC(=O)Cc1cc2ncsc2cc1F. The minimum Gasteiger partial charge on any atom is -0.316 e. The fraction of sp³-hybridized carbons (Fsp3) is 0.312. The van der Waals surface area contributed by atoms with Crippen molar-refractivity contribution in [3.8, 4) is 0 Å². The minimum absolute atomic E-state index is 0.00151. The lowest BCUT2D eigenvalue weighted by atomic mass is 10.1. The standard InChI is InChI=1S/C16H14FN3OS2/c1-8-2-3-10-15(8)20-23-16(10)19-14(21)5-9-4-12-13(6-11(9)17)22-7-18-12/h4,6-8H,2-3,5H2,1H3,(H,19,21). The lowest BCUT2D eigenvalue weighted by Gasteiger charge is -2.05. The Morgan fingerprint density at radius 1 is 1.48 bits per heavy atom. The number of aromatic nitrogens is 2. The normalized spacial score (nSPS) is 16.7. The molecule has 0 saturated heterocycles. The molecule has 2 aromatic heterocycles. The molecule has 4 rings (SSSR count). The summed E-state index contributed by atoms with van der Waals surface area (Å²) in [4.78, 5) is 16.4. The predicted molar refractivity (Wildman–Crippen MR) is 90.8 cm³/mol. The van der Waals surface area contributed by atoms with Gasteiger partial charge in [-0.25, -0.2) is 9.37 Å². The Kier molecular flexibility index (Phi) is 3.61. The number of halogens is 1. The molecule has 0 fully saturated rings. The molecule has 7 heteroatoms. The van der Waals surface area contributed by atoms with Gasteiger partial charge in [-0.2, -0.15) is 4.37 Å². The van der Waals surface area contributed by atoms with Crippen LogP contribution in [0.25, 0.3) is 10.2 Å². The molecule has 1 aromatic carbocycles. The van der Waals surface area contributed by atoms with Crippen LogP contribution in [0.15, 0.2) is 17.6 Å². The Balaban J connectivity index is 1.53. The first kappa shape index (κ1) is 14.7. The summed E-state index contributed by atoms with van der Waals surface area (Å²) >= 11 is 2.70. The summed E-state index contributed by atoms with van der Waals surface area (Å²) in [5.74, 6) is -0.124. The number of benzene rings is 1. The van der Waals surface area contributed by atoms with Gasteiger partial charge in [-0.3, -0.25) is 4.79 Å². The highest BCUT2D eigenvalue weighted by Crippen LogP contribution is 2.39. The zero-order chi connectivity index (χ0) is 16.0. The third-order valence-corrected chi connectivity index (χ3v) is 5.83. The third-order valence-electron chi connectivity index (χ3n) is 4.22. The van der Waals surface area contributed by atoms with Crippen LogP contribution < -0.4 is 5.32 Å². The Labute approximate surface area is 140 Å². The van der Waals surface area contributed by atoms with E-state index >= 15 is 0 Å². The number of hydrogen-bond acceptors (Lipinski definition) is 5. The maximum absolute atomic E-state index is 14.1. The fourth-order valence-electron chi connectivity index (χ4n) is 2.95. The molecule has 4 nitrogen and oxygen atoms in total. The van der Waals surface area contributed by atoms with E-state index in [1.54, 1.807) is 11.6 Å². The first-order valence-electron chi connectivity index (χ1n) is 7.41. The summed E-state index contributed by atoms with van der Waals surface area (Å²) in [5, 5.41) is 3.70. The molecule has 1 amide bonds. The van der Waals surface area contributed by atoms with Gasteiger partial charge in [0, 0.05) is 11.5 Å². The topological polar surface area (TPSA) is 54.9 Å². The minimum atomic E-state index is -0.361. The zero-order valence-corrected chi connectivity index (χ0v) is 14.1. The van der Waals surface area contributed by atoms with E-state index in [0.29, 0.717) is 11.5 Å². The molecule has 23 heavy (non-hydrogen) atoms. The summed E-state index contributed by atoms with van der Waals surface area (Å²) in [6.45, 7) is 2.15. The molecule has 1 aliphatic rings. The van der Waals surface area contributed by atoms with Crippen LogP contribution >= 0.6 is 22.9 Å². The van der Waals surface area contributed by atoms with Crippen molar-refractivity contribution in [1.82, 2.24) is 9.36 Å². The largest absolute Gasteiger partial charge is 0.316 e. The zero-order valence-electron chi connectivity index (χ0n) is 12.4. The van der Waals surface area contributed by atoms with Crippen LogP contribution in [0.2, 0.25) is 0 Å². The fourth-order valence-corrected chi connectivity index (χ4v) is 4.59. The highest BCUT2D eigenvalue weighted by molar-refractivity contribution is 7.16. The molecule has 2 heterocycles. The quantitative estimate of drug-likeness (QED) is 0.775. The van der Waals surface area contributed by atoms with E-state index in [1.807, 2.05) is 0 Å². The van der Waals surface area contributed by atoms with E-state index in [9.17, 15) is 9.18 Å². The van der Waals surface area contributed by atoms with Crippen LogP contribution in [0.4, 0.5) is 9.39 Å². The van der Waals surface area contributed by atoms with Crippen molar-refractivity contribution in [2.75, 3.05) is 5.32 Å². The van der Waals surface area contributed by atoms with Crippen LogP contribution in [0.5, 0.6) is 0 Å². The van der Waals surface area contributed by atoms with E-state index < -0.39 is 0 Å². The van der Waals surface area contributed by atoms with E-state index in [1.165, 1.54) is 28.9 Å². The highest BCUT2D eigenvalue weighted by atomic mass is 32.1. The second-order valence-corrected chi connectivity index (χ2v) is 7.46. The van der Waals surface area contributed by atoms with Gasteiger partial charge in [0.15, 0.2) is 0 Å². The first-order chi connectivity index (χ1) is 11.1. The molecule has 1 atom stereocenters. The Bertz CT molecular complexity index is 902. The van der Waals surface area contributed by atoms with E-state index in [-0.39, 0.29) is 18.1 Å². The molecule has 0 bridgehead atoms. The summed E-state index contributed by atoms with van der Waals surface area (Å²) < 4.78 is 19.3. The Hall–Kier alpha value is -1.86. The number of amides is 1. The van der Waals surface area contributed by atoms with Crippen molar-refractivity contribution in [3.05, 3.63) is 40.3 Å². The van der Waals surface area contributed by atoms with Gasteiger partial charge in [-0.05, 0) is 42.1 Å². The van der Waals surface area contributed by atoms with Gasteiger partial charge in [-0.1, -0.05) is 6.92 Å².